The van der Waals surface area contributed by atoms with Gasteiger partial charge in [-0.2, -0.15) is 0 Å². The second kappa shape index (κ2) is 5.77. The zero-order valence-corrected chi connectivity index (χ0v) is 12.5. The van der Waals surface area contributed by atoms with E-state index in [2.05, 4.69) is 27.8 Å². The van der Waals surface area contributed by atoms with Crippen molar-refractivity contribution < 1.29 is 4.74 Å². The molecular weight excluding hydrogens is 254 g/mol. The molecule has 2 fully saturated rings. The molecule has 20 heavy (non-hydrogen) atoms. The summed E-state index contributed by atoms with van der Waals surface area (Å²) in [5.74, 6) is 0.899. The third kappa shape index (κ3) is 2.35. The van der Waals surface area contributed by atoms with Crippen LogP contribution >= 0.6 is 0 Å². The molecule has 1 spiro atoms. The van der Waals surface area contributed by atoms with E-state index in [0.29, 0.717) is 17.6 Å². The van der Waals surface area contributed by atoms with Gasteiger partial charge in [0.15, 0.2) is 5.82 Å². The summed E-state index contributed by atoms with van der Waals surface area (Å²) in [6.45, 7) is 3.67. The Labute approximate surface area is 120 Å². The molecule has 112 valence electrons. The maximum absolute atomic E-state index is 5.98. The number of nitrogens with one attached hydrogen (secondary N) is 1. The predicted molar refractivity (Wildman–Crippen MR) is 75.0 cm³/mol. The van der Waals surface area contributed by atoms with E-state index in [1.54, 1.807) is 4.68 Å². The minimum Gasteiger partial charge on any atom is -0.378 e. The topological polar surface area (TPSA) is 64.9 Å². The minimum atomic E-state index is 0.361. The number of hydrogen-bond acceptors (Lipinski definition) is 5. The molecule has 0 unspecified atom stereocenters. The zero-order valence-electron chi connectivity index (χ0n) is 12.5. The number of nitrogens with zero attached hydrogens (tertiary/aromatic N) is 4. The van der Waals surface area contributed by atoms with Crippen LogP contribution in [0.5, 0.6) is 0 Å². The third-order valence-corrected chi connectivity index (χ3v) is 5.15. The first-order chi connectivity index (χ1) is 9.76. The highest BCUT2D eigenvalue weighted by Gasteiger charge is 2.55. The van der Waals surface area contributed by atoms with Crippen LogP contribution in [0.3, 0.4) is 0 Å². The molecule has 0 saturated heterocycles. The van der Waals surface area contributed by atoms with Crippen molar-refractivity contribution >= 4 is 0 Å². The van der Waals surface area contributed by atoms with Crippen LogP contribution in [0.4, 0.5) is 0 Å². The number of hydrogen-bond donors (Lipinski definition) is 1. The van der Waals surface area contributed by atoms with Gasteiger partial charge in [0.25, 0.3) is 0 Å². The van der Waals surface area contributed by atoms with Crippen molar-refractivity contribution in [1.82, 2.24) is 25.5 Å². The van der Waals surface area contributed by atoms with Gasteiger partial charge in [-0.15, -0.1) is 5.10 Å². The molecule has 1 heterocycles. The van der Waals surface area contributed by atoms with Crippen molar-refractivity contribution in [2.45, 2.75) is 64.1 Å². The molecule has 2 aliphatic carbocycles. The Morgan fingerprint density at radius 2 is 2.15 bits per heavy atom. The number of tetrazole rings is 1. The number of aromatic nitrogens is 4. The van der Waals surface area contributed by atoms with Gasteiger partial charge in [-0.3, -0.25) is 0 Å². The van der Waals surface area contributed by atoms with E-state index >= 15 is 0 Å². The zero-order chi connectivity index (χ0) is 14.0. The minimum absolute atomic E-state index is 0.361. The second-order valence-electron chi connectivity index (χ2n) is 6.13. The largest absolute Gasteiger partial charge is 0.378 e. The van der Waals surface area contributed by atoms with Gasteiger partial charge in [-0.1, -0.05) is 19.3 Å². The average Bonchev–Trinajstić information content (AvgIpc) is 2.88. The van der Waals surface area contributed by atoms with Crippen LogP contribution in [0.15, 0.2) is 0 Å². The average molecular weight is 279 g/mol. The van der Waals surface area contributed by atoms with E-state index in [-0.39, 0.29) is 0 Å². The first-order valence-electron chi connectivity index (χ1n) is 7.82. The summed E-state index contributed by atoms with van der Waals surface area (Å²) in [5.41, 5.74) is 0.361. The molecule has 0 aromatic carbocycles. The molecule has 1 aromatic rings. The van der Waals surface area contributed by atoms with Crippen LogP contribution in [0.25, 0.3) is 0 Å². The fourth-order valence-electron chi connectivity index (χ4n) is 3.96. The number of ether oxygens (including phenoxy) is 1. The maximum Gasteiger partial charge on any atom is 0.164 e. The van der Waals surface area contributed by atoms with Crippen molar-refractivity contribution in [3.8, 4) is 0 Å². The molecule has 2 atom stereocenters. The second-order valence-corrected chi connectivity index (χ2v) is 6.13. The van der Waals surface area contributed by atoms with E-state index in [4.69, 9.17) is 4.74 Å². The Morgan fingerprint density at radius 1 is 1.35 bits per heavy atom. The molecule has 0 aliphatic heterocycles. The summed E-state index contributed by atoms with van der Waals surface area (Å²) < 4.78 is 7.71. The highest BCUT2D eigenvalue weighted by atomic mass is 16.5. The Bertz CT molecular complexity index is 441. The van der Waals surface area contributed by atoms with Crippen LogP contribution in [-0.4, -0.2) is 39.0 Å². The molecule has 1 aromatic heterocycles. The van der Waals surface area contributed by atoms with Gasteiger partial charge < -0.3 is 10.1 Å². The lowest BCUT2D eigenvalue weighted by molar-refractivity contribution is -0.150. The molecule has 6 heteroatoms. The van der Waals surface area contributed by atoms with E-state index in [1.807, 2.05) is 7.05 Å². The van der Waals surface area contributed by atoms with E-state index in [9.17, 15) is 0 Å². The van der Waals surface area contributed by atoms with Gasteiger partial charge in [0.1, 0.15) is 0 Å². The summed E-state index contributed by atoms with van der Waals surface area (Å²) in [5, 5.41) is 15.3. The summed E-state index contributed by atoms with van der Waals surface area (Å²) in [6, 6.07) is 0.552. The lowest BCUT2D eigenvalue weighted by Crippen LogP contribution is -2.64. The summed E-state index contributed by atoms with van der Waals surface area (Å²) in [6.07, 6.45) is 8.22. The standard InChI is InChI=1S/C14H25N5O/c1-3-20-12-9-11(14(12)7-5-4-6-8-14)15-10-13-16-17-18-19(13)2/h11-12,15H,3-10H2,1-2H3/t11-,12-/m1/s1. The van der Waals surface area contributed by atoms with Crippen LogP contribution in [0, 0.1) is 5.41 Å². The quantitative estimate of drug-likeness (QED) is 0.883. The molecule has 0 bridgehead atoms. The van der Waals surface area contributed by atoms with E-state index in [1.165, 1.54) is 32.1 Å². The Balaban J connectivity index is 1.62. The Hall–Kier alpha value is -1.01. The van der Waals surface area contributed by atoms with Crippen LogP contribution < -0.4 is 5.32 Å². The van der Waals surface area contributed by atoms with Crippen LogP contribution in [0.2, 0.25) is 0 Å². The third-order valence-electron chi connectivity index (χ3n) is 5.15. The first-order valence-corrected chi connectivity index (χ1v) is 7.82. The molecule has 6 nitrogen and oxygen atoms in total. The fourth-order valence-corrected chi connectivity index (χ4v) is 3.96. The lowest BCUT2D eigenvalue weighted by atomic mass is 9.55. The predicted octanol–water partition coefficient (Wildman–Crippen LogP) is 1.43. The summed E-state index contributed by atoms with van der Waals surface area (Å²) in [4.78, 5) is 0. The van der Waals surface area contributed by atoms with E-state index < -0.39 is 0 Å². The summed E-state index contributed by atoms with van der Waals surface area (Å²) in [7, 11) is 1.89. The van der Waals surface area contributed by atoms with Gasteiger partial charge in [-0.05, 0) is 36.6 Å². The van der Waals surface area contributed by atoms with Gasteiger partial charge in [0.2, 0.25) is 0 Å². The van der Waals surface area contributed by atoms with Crippen LogP contribution in [0.1, 0.15) is 51.3 Å². The van der Waals surface area contributed by atoms with Gasteiger partial charge in [-0.25, -0.2) is 4.68 Å². The molecular formula is C14H25N5O. The van der Waals surface area contributed by atoms with Crippen molar-refractivity contribution in [3.05, 3.63) is 5.82 Å². The molecule has 2 saturated carbocycles. The van der Waals surface area contributed by atoms with Crippen molar-refractivity contribution in [2.24, 2.45) is 12.5 Å². The van der Waals surface area contributed by atoms with Crippen LogP contribution in [-0.2, 0) is 18.3 Å². The molecule has 3 rings (SSSR count). The molecule has 0 amide bonds. The van der Waals surface area contributed by atoms with Gasteiger partial charge in [0, 0.05) is 25.1 Å². The first kappa shape index (κ1) is 13.9. The lowest BCUT2D eigenvalue weighted by Gasteiger charge is -2.58. The Kier molecular flexibility index (Phi) is 4.03. The fraction of sp³-hybridized carbons (Fsp3) is 0.929. The molecule has 0 radical (unpaired) electrons. The van der Waals surface area contributed by atoms with Crippen molar-refractivity contribution in [1.29, 1.82) is 0 Å². The smallest absolute Gasteiger partial charge is 0.164 e. The monoisotopic (exact) mass is 279 g/mol. The van der Waals surface area contributed by atoms with E-state index in [0.717, 1.165) is 25.4 Å². The highest BCUT2D eigenvalue weighted by molar-refractivity contribution is 5.09. The molecule has 1 N–H and O–H groups in total. The highest BCUT2D eigenvalue weighted by Crippen LogP contribution is 2.53. The van der Waals surface area contributed by atoms with Gasteiger partial charge in [0.05, 0.1) is 12.6 Å². The summed E-state index contributed by atoms with van der Waals surface area (Å²) >= 11 is 0. The SMILES string of the molecule is CCO[C@@H]1C[C@@H](NCc2nnnn2C)C12CCCCC2. The number of aryl methyl sites for hydroxylation is 1. The number of rotatable bonds is 5. The molecule has 2 aliphatic rings. The van der Waals surface area contributed by atoms with Gasteiger partial charge >= 0.3 is 0 Å². The van der Waals surface area contributed by atoms with Crippen molar-refractivity contribution in [2.75, 3.05) is 6.61 Å². The van der Waals surface area contributed by atoms with Crippen molar-refractivity contribution in [3.63, 3.8) is 0 Å². The normalized spacial score (nSPS) is 28.5. The Morgan fingerprint density at radius 3 is 2.80 bits per heavy atom. The maximum atomic E-state index is 5.98.